The molecule has 1 aromatic carbocycles. The summed E-state index contributed by atoms with van der Waals surface area (Å²) in [5, 5.41) is 0.418. The molecule has 3 rings (SSSR count). The van der Waals surface area contributed by atoms with E-state index in [9.17, 15) is 14.0 Å². The zero-order valence-electron chi connectivity index (χ0n) is 13.7. The summed E-state index contributed by atoms with van der Waals surface area (Å²) in [5.41, 5.74) is 0.295. The second kappa shape index (κ2) is 7.80. The molecule has 7 heteroatoms. The largest absolute Gasteiger partial charge is 0.339 e. The first-order valence-corrected chi connectivity index (χ1v) is 8.51. The lowest BCUT2D eigenvalue weighted by atomic mass is 10.2. The van der Waals surface area contributed by atoms with E-state index >= 15 is 0 Å². The number of hydrogen-bond acceptors (Lipinski definition) is 3. The van der Waals surface area contributed by atoms with Gasteiger partial charge in [0, 0.05) is 55.6 Å². The van der Waals surface area contributed by atoms with Crippen molar-refractivity contribution in [1.29, 1.82) is 0 Å². The first kappa shape index (κ1) is 17.6. The third-order valence-corrected chi connectivity index (χ3v) is 4.73. The SMILES string of the molecule is O=C(Cn1ccccc1=O)N1CCN(Cc2c(F)cccc2Cl)CC1. The Morgan fingerprint density at radius 3 is 2.52 bits per heavy atom. The van der Waals surface area contributed by atoms with E-state index in [1.165, 1.54) is 16.7 Å². The summed E-state index contributed by atoms with van der Waals surface area (Å²) in [6.45, 7) is 2.84. The van der Waals surface area contributed by atoms with Gasteiger partial charge in [-0.3, -0.25) is 14.5 Å². The van der Waals surface area contributed by atoms with Gasteiger partial charge in [0.25, 0.3) is 5.56 Å². The number of halogens is 2. The fourth-order valence-electron chi connectivity index (χ4n) is 2.90. The molecule has 5 nitrogen and oxygen atoms in total. The van der Waals surface area contributed by atoms with Gasteiger partial charge in [-0.2, -0.15) is 0 Å². The van der Waals surface area contributed by atoms with Gasteiger partial charge in [-0.25, -0.2) is 4.39 Å². The summed E-state index contributed by atoms with van der Waals surface area (Å²) in [6.07, 6.45) is 1.61. The summed E-state index contributed by atoms with van der Waals surface area (Å²) in [6, 6.07) is 9.48. The van der Waals surface area contributed by atoms with Gasteiger partial charge in [-0.15, -0.1) is 0 Å². The smallest absolute Gasteiger partial charge is 0.250 e. The lowest BCUT2D eigenvalue weighted by Gasteiger charge is -2.35. The number of pyridine rings is 1. The molecule has 2 heterocycles. The van der Waals surface area contributed by atoms with E-state index in [2.05, 4.69) is 4.90 Å². The first-order chi connectivity index (χ1) is 12.0. The minimum Gasteiger partial charge on any atom is -0.339 e. The van der Waals surface area contributed by atoms with Crippen LogP contribution in [0.3, 0.4) is 0 Å². The van der Waals surface area contributed by atoms with Gasteiger partial charge in [0.1, 0.15) is 12.4 Å². The van der Waals surface area contributed by atoms with Crippen LogP contribution in [0.5, 0.6) is 0 Å². The number of benzene rings is 1. The number of amides is 1. The molecule has 132 valence electrons. The molecule has 1 saturated heterocycles. The van der Waals surface area contributed by atoms with Crippen molar-refractivity contribution in [2.24, 2.45) is 0 Å². The Kier molecular flexibility index (Phi) is 5.50. The number of aromatic nitrogens is 1. The molecule has 1 fully saturated rings. The number of rotatable bonds is 4. The van der Waals surface area contributed by atoms with E-state index in [1.807, 2.05) is 0 Å². The Hall–Kier alpha value is -2.18. The summed E-state index contributed by atoms with van der Waals surface area (Å²) >= 11 is 6.07. The zero-order chi connectivity index (χ0) is 17.8. The van der Waals surface area contributed by atoms with Crippen LogP contribution in [0.2, 0.25) is 5.02 Å². The van der Waals surface area contributed by atoms with Gasteiger partial charge in [-0.05, 0) is 18.2 Å². The first-order valence-electron chi connectivity index (χ1n) is 8.13. The lowest BCUT2D eigenvalue weighted by molar-refractivity contribution is -0.133. The van der Waals surface area contributed by atoms with Crippen molar-refractivity contribution >= 4 is 17.5 Å². The van der Waals surface area contributed by atoms with E-state index < -0.39 is 0 Å². The van der Waals surface area contributed by atoms with E-state index in [-0.39, 0.29) is 23.8 Å². The lowest BCUT2D eigenvalue weighted by Crippen LogP contribution is -2.49. The average Bonchev–Trinajstić information content (AvgIpc) is 2.61. The molecule has 0 spiro atoms. The highest BCUT2D eigenvalue weighted by atomic mass is 35.5. The monoisotopic (exact) mass is 363 g/mol. The molecule has 0 radical (unpaired) electrons. The maximum Gasteiger partial charge on any atom is 0.250 e. The number of piperazine rings is 1. The standard InChI is InChI=1S/C18H19ClFN3O2/c19-15-4-3-5-16(20)14(15)12-21-8-10-22(11-9-21)18(25)13-23-7-2-1-6-17(23)24/h1-7H,8-13H2. The highest BCUT2D eigenvalue weighted by molar-refractivity contribution is 6.31. The van der Waals surface area contributed by atoms with Gasteiger partial charge >= 0.3 is 0 Å². The molecule has 0 bridgehead atoms. The van der Waals surface area contributed by atoms with E-state index in [0.717, 1.165) is 0 Å². The Morgan fingerprint density at radius 2 is 1.84 bits per heavy atom. The van der Waals surface area contributed by atoms with E-state index in [1.54, 1.807) is 35.4 Å². The van der Waals surface area contributed by atoms with Crippen LogP contribution in [-0.4, -0.2) is 46.5 Å². The van der Waals surface area contributed by atoms with Crippen LogP contribution in [0.15, 0.2) is 47.4 Å². The quantitative estimate of drug-likeness (QED) is 0.834. The van der Waals surface area contributed by atoms with Gasteiger partial charge < -0.3 is 9.47 Å². The van der Waals surface area contributed by atoms with Crippen molar-refractivity contribution in [1.82, 2.24) is 14.4 Å². The highest BCUT2D eigenvalue weighted by Crippen LogP contribution is 2.21. The zero-order valence-corrected chi connectivity index (χ0v) is 14.5. The normalized spacial score (nSPS) is 15.4. The molecular weight excluding hydrogens is 345 g/mol. The fraction of sp³-hybridized carbons (Fsp3) is 0.333. The summed E-state index contributed by atoms with van der Waals surface area (Å²) in [5.74, 6) is -0.397. The number of carbonyl (C=O) groups is 1. The van der Waals surface area contributed by atoms with Crippen LogP contribution in [0, 0.1) is 5.82 Å². The molecule has 1 amide bonds. The number of carbonyl (C=O) groups excluding carboxylic acids is 1. The Morgan fingerprint density at radius 1 is 1.08 bits per heavy atom. The van der Waals surface area contributed by atoms with E-state index in [0.29, 0.717) is 43.3 Å². The maximum absolute atomic E-state index is 13.9. The van der Waals surface area contributed by atoms with Crippen molar-refractivity contribution in [2.45, 2.75) is 13.1 Å². The van der Waals surface area contributed by atoms with Gasteiger partial charge in [0.2, 0.25) is 5.91 Å². The highest BCUT2D eigenvalue weighted by Gasteiger charge is 2.22. The molecule has 1 aliphatic rings. The Bertz CT molecular complexity index is 796. The van der Waals surface area contributed by atoms with Crippen molar-refractivity contribution in [3.63, 3.8) is 0 Å². The third kappa shape index (κ3) is 4.27. The maximum atomic E-state index is 13.9. The summed E-state index contributed by atoms with van der Waals surface area (Å²) in [4.78, 5) is 27.9. The molecule has 0 saturated carbocycles. The minimum absolute atomic E-state index is 0.0405. The summed E-state index contributed by atoms with van der Waals surface area (Å²) < 4.78 is 15.3. The minimum atomic E-state index is -0.311. The van der Waals surface area contributed by atoms with Crippen LogP contribution in [0.1, 0.15) is 5.56 Å². The molecular formula is C18H19ClFN3O2. The molecule has 1 aliphatic heterocycles. The Balaban J connectivity index is 1.56. The average molecular weight is 364 g/mol. The predicted molar refractivity (Wildman–Crippen MR) is 94.0 cm³/mol. The van der Waals surface area contributed by atoms with Crippen molar-refractivity contribution < 1.29 is 9.18 Å². The van der Waals surface area contributed by atoms with Crippen LogP contribution in [-0.2, 0) is 17.9 Å². The molecule has 2 aromatic rings. The van der Waals surface area contributed by atoms with E-state index in [4.69, 9.17) is 11.6 Å². The Labute approximate surface area is 150 Å². The fourth-order valence-corrected chi connectivity index (χ4v) is 3.12. The molecule has 0 aliphatic carbocycles. The van der Waals surface area contributed by atoms with Crippen molar-refractivity contribution in [3.8, 4) is 0 Å². The van der Waals surface area contributed by atoms with Gasteiger partial charge in [-0.1, -0.05) is 23.7 Å². The topological polar surface area (TPSA) is 45.6 Å². The van der Waals surface area contributed by atoms with Crippen LogP contribution >= 0.6 is 11.6 Å². The van der Waals surface area contributed by atoms with Crippen LogP contribution in [0.4, 0.5) is 4.39 Å². The second-order valence-electron chi connectivity index (χ2n) is 6.02. The second-order valence-corrected chi connectivity index (χ2v) is 6.43. The molecule has 1 aromatic heterocycles. The number of hydrogen-bond donors (Lipinski definition) is 0. The molecule has 25 heavy (non-hydrogen) atoms. The predicted octanol–water partition coefficient (Wildman–Crippen LogP) is 1.99. The van der Waals surface area contributed by atoms with Gasteiger partial charge in [0.15, 0.2) is 0 Å². The third-order valence-electron chi connectivity index (χ3n) is 4.37. The van der Waals surface area contributed by atoms with Crippen molar-refractivity contribution in [3.05, 3.63) is 69.4 Å². The molecule has 0 unspecified atom stereocenters. The molecule has 0 atom stereocenters. The summed E-state index contributed by atoms with van der Waals surface area (Å²) in [7, 11) is 0. The van der Waals surface area contributed by atoms with Crippen LogP contribution < -0.4 is 5.56 Å². The molecule has 0 N–H and O–H groups in total. The van der Waals surface area contributed by atoms with Crippen molar-refractivity contribution in [2.75, 3.05) is 26.2 Å². The van der Waals surface area contributed by atoms with Gasteiger partial charge in [0.05, 0.1) is 0 Å². The number of nitrogens with zero attached hydrogens (tertiary/aromatic N) is 3. The van der Waals surface area contributed by atoms with Crippen LogP contribution in [0.25, 0.3) is 0 Å².